The third kappa shape index (κ3) is 5.89. The molecule has 1 atom stereocenters. The molecule has 0 saturated carbocycles. The molecule has 0 bridgehead atoms. The Morgan fingerprint density at radius 3 is 2.67 bits per heavy atom. The van der Waals surface area contributed by atoms with Crippen molar-refractivity contribution in [3.8, 4) is 0 Å². The van der Waals surface area contributed by atoms with Gasteiger partial charge in [0.1, 0.15) is 6.04 Å². The summed E-state index contributed by atoms with van der Waals surface area (Å²) in [4.78, 5) is 37.7. The number of anilines is 1. The molecular weight excluding hydrogens is 278 g/mol. The van der Waals surface area contributed by atoms with Gasteiger partial charge in [0, 0.05) is 12.1 Å². The molecule has 0 radical (unpaired) electrons. The molecule has 0 unspecified atom stereocenters. The fourth-order valence-electron chi connectivity index (χ4n) is 1.57. The van der Waals surface area contributed by atoms with Crippen LogP contribution in [-0.4, -0.2) is 41.1 Å². The summed E-state index contributed by atoms with van der Waals surface area (Å²) in [7, 11) is 1.21. The Bertz CT molecular complexity index is 515. The van der Waals surface area contributed by atoms with Crippen LogP contribution in [0.4, 0.5) is 5.69 Å². The number of nitrogen functional groups attached to an aromatic ring is 1. The Kier molecular flexibility index (Phi) is 6.12. The molecule has 0 aliphatic carbocycles. The second kappa shape index (κ2) is 7.83. The van der Waals surface area contributed by atoms with Gasteiger partial charge in [0.05, 0.1) is 25.4 Å². The molecule has 114 valence electrons. The molecule has 0 aliphatic heterocycles. The van der Waals surface area contributed by atoms with Crippen molar-refractivity contribution in [2.75, 3.05) is 12.8 Å². The van der Waals surface area contributed by atoms with E-state index in [2.05, 4.69) is 15.0 Å². The summed E-state index contributed by atoms with van der Waals surface area (Å²) in [5, 5.41) is 11.4. The number of carboxylic acids is 1. The van der Waals surface area contributed by atoms with E-state index < -0.39 is 23.9 Å². The van der Waals surface area contributed by atoms with Crippen molar-refractivity contribution in [2.45, 2.75) is 25.3 Å². The van der Waals surface area contributed by atoms with Crippen molar-refractivity contribution in [3.63, 3.8) is 0 Å². The monoisotopic (exact) mass is 295 g/mol. The zero-order valence-electron chi connectivity index (χ0n) is 11.5. The van der Waals surface area contributed by atoms with Gasteiger partial charge in [-0.2, -0.15) is 0 Å². The second-order valence-corrected chi connectivity index (χ2v) is 4.33. The Balaban J connectivity index is 2.54. The lowest BCUT2D eigenvalue weighted by atomic mass is 10.1. The maximum absolute atomic E-state index is 11.8. The maximum atomic E-state index is 11.8. The van der Waals surface area contributed by atoms with Crippen LogP contribution in [0.5, 0.6) is 0 Å². The highest BCUT2D eigenvalue weighted by Gasteiger charge is 2.21. The van der Waals surface area contributed by atoms with Gasteiger partial charge in [0.15, 0.2) is 0 Å². The third-order valence-corrected chi connectivity index (χ3v) is 2.69. The fraction of sp³-hybridized carbons (Fsp3) is 0.385. The molecule has 1 amide bonds. The van der Waals surface area contributed by atoms with Gasteiger partial charge in [0.25, 0.3) is 0 Å². The standard InChI is InChI=1S/C13H17N3O5/c1-21-12(18)5-4-10(13(19)20)16-11(17)6-9-3-2-8(14)7-15-9/h2-3,7,10H,4-6,14H2,1H3,(H,16,17)(H,19,20)/t10-/m0/s1. The summed E-state index contributed by atoms with van der Waals surface area (Å²) in [6.45, 7) is 0. The zero-order chi connectivity index (χ0) is 15.8. The summed E-state index contributed by atoms with van der Waals surface area (Å²) >= 11 is 0. The van der Waals surface area contributed by atoms with Gasteiger partial charge in [-0.05, 0) is 18.6 Å². The van der Waals surface area contributed by atoms with Crippen molar-refractivity contribution in [1.82, 2.24) is 10.3 Å². The molecule has 1 heterocycles. The highest BCUT2D eigenvalue weighted by molar-refractivity contribution is 5.85. The van der Waals surface area contributed by atoms with Crippen molar-refractivity contribution in [2.24, 2.45) is 0 Å². The first-order valence-electron chi connectivity index (χ1n) is 6.21. The van der Waals surface area contributed by atoms with E-state index in [1.807, 2.05) is 0 Å². The number of methoxy groups -OCH3 is 1. The number of nitrogens with one attached hydrogen (secondary N) is 1. The number of amides is 1. The van der Waals surface area contributed by atoms with E-state index >= 15 is 0 Å². The van der Waals surface area contributed by atoms with Crippen LogP contribution in [0, 0.1) is 0 Å². The van der Waals surface area contributed by atoms with Gasteiger partial charge in [-0.1, -0.05) is 0 Å². The van der Waals surface area contributed by atoms with Gasteiger partial charge >= 0.3 is 11.9 Å². The Hall–Kier alpha value is -2.64. The molecule has 0 spiro atoms. The lowest BCUT2D eigenvalue weighted by Gasteiger charge is -2.13. The number of nitrogens with zero attached hydrogens (tertiary/aromatic N) is 1. The van der Waals surface area contributed by atoms with Crippen LogP contribution in [0.25, 0.3) is 0 Å². The molecule has 21 heavy (non-hydrogen) atoms. The number of esters is 1. The number of rotatable bonds is 7. The Labute approximate surface area is 121 Å². The molecule has 1 rings (SSSR count). The molecule has 0 aliphatic rings. The second-order valence-electron chi connectivity index (χ2n) is 4.33. The van der Waals surface area contributed by atoms with Crippen molar-refractivity contribution < 1.29 is 24.2 Å². The largest absolute Gasteiger partial charge is 0.480 e. The minimum atomic E-state index is -1.21. The highest BCUT2D eigenvalue weighted by Crippen LogP contribution is 2.04. The van der Waals surface area contributed by atoms with Crippen LogP contribution in [0.3, 0.4) is 0 Å². The van der Waals surface area contributed by atoms with Crippen LogP contribution >= 0.6 is 0 Å². The van der Waals surface area contributed by atoms with Crippen molar-refractivity contribution in [3.05, 3.63) is 24.0 Å². The first kappa shape index (κ1) is 16.4. The zero-order valence-corrected chi connectivity index (χ0v) is 11.5. The van der Waals surface area contributed by atoms with Gasteiger partial charge in [0.2, 0.25) is 5.91 Å². The summed E-state index contributed by atoms with van der Waals surface area (Å²) in [5.41, 5.74) is 6.42. The molecular formula is C13H17N3O5. The Morgan fingerprint density at radius 2 is 2.14 bits per heavy atom. The molecule has 0 fully saturated rings. The number of pyridine rings is 1. The molecule has 0 aromatic carbocycles. The lowest BCUT2D eigenvalue weighted by Crippen LogP contribution is -2.41. The van der Waals surface area contributed by atoms with Crippen LogP contribution in [0.2, 0.25) is 0 Å². The quantitative estimate of drug-likeness (QED) is 0.590. The molecule has 4 N–H and O–H groups in total. The predicted molar refractivity (Wildman–Crippen MR) is 73.2 cm³/mol. The van der Waals surface area contributed by atoms with Gasteiger partial charge in [-0.15, -0.1) is 0 Å². The summed E-state index contributed by atoms with van der Waals surface area (Å²) < 4.78 is 4.43. The van der Waals surface area contributed by atoms with E-state index in [-0.39, 0.29) is 19.3 Å². The molecule has 8 heteroatoms. The van der Waals surface area contributed by atoms with Crippen LogP contribution in [0.15, 0.2) is 18.3 Å². The topological polar surface area (TPSA) is 132 Å². The van der Waals surface area contributed by atoms with Crippen LogP contribution in [-0.2, 0) is 25.5 Å². The summed E-state index contributed by atoms with van der Waals surface area (Å²) in [6.07, 6.45) is 1.22. The first-order valence-corrected chi connectivity index (χ1v) is 6.21. The van der Waals surface area contributed by atoms with Crippen LogP contribution < -0.4 is 11.1 Å². The summed E-state index contributed by atoms with van der Waals surface area (Å²) in [5.74, 6) is -2.24. The number of carboxylic acid groups (broad SMARTS) is 1. The maximum Gasteiger partial charge on any atom is 0.326 e. The SMILES string of the molecule is COC(=O)CC[C@H](NC(=O)Cc1ccc(N)cn1)C(=O)O. The van der Waals surface area contributed by atoms with Gasteiger partial charge in [-0.25, -0.2) is 4.79 Å². The molecule has 1 aromatic heterocycles. The van der Waals surface area contributed by atoms with Crippen molar-refractivity contribution in [1.29, 1.82) is 0 Å². The highest BCUT2D eigenvalue weighted by atomic mass is 16.5. The van der Waals surface area contributed by atoms with Gasteiger partial charge in [-0.3, -0.25) is 14.6 Å². The summed E-state index contributed by atoms with van der Waals surface area (Å²) in [6, 6.07) is 2.03. The van der Waals surface area contributed by atoms with E-state index in [9.17, 15) is 14.4 Å². The smallest absolute Gasteiger partial charge is 0.326 e. The number of aromatic nitrogens is 1. The third-order valence-electron chi connectivity index (χ3n) is 2.69. The van der Waals surface area contributed by atoms with E-state index in [4.69, 9.17) is 10.8 Å². The Morgan fingerprint density at radius 1 is 1.43 bits per heavy atom. The molecule has 1 aromatic rings. The first-order chi connectivity index (χ1) is 9.92. The number of carbonyl (C=O) groups is 3. The number of aliphatic carboxylic acids is 1. The predicted octanol–water partition coefficient (Wildman–Crippen LogP) is -0.271. The van der Waals surface area contributed by atoms with E-state index in [1.54, 1.807) is 12.1 Å². The van der Waals surface area contributed by atoms with E-state index in [0.29, 0.717) is 11.4 Å². The van der Waals surface area contributed by atoms with Crippen LogP contribution in [0.1, 0.15) is 18.5 Å². The van der Waals surface area contributed by atoms with Gasteiger partial charge < -0.3 is 20.9 Å². The molecule has 8 nitrogen and oxygen atoms in total. The number of hydrogen-bond acceptors (Lipinski definition) is 6. The average molecular weight is 295 g/mol. The van der Waals surface area contributed by atoms with Crippen molar-refractivity contribution >= 4 is 23.5 Å². The number of nitrogens with two attached hydrogens (primary N) is 1. The number of ether oxygens (including phenoxy) is 1. The lowest BCUT2D eigenvalue weighted by molar-refractivity contribution is -0.144. The number of carbonyl (C=O) groups excluding carboxylic acids is 2. The van der Waals surface area contributed by atoms with E-state index in [0.717, 1.165) is 0 Å². The van der Waals surface area contributed by atoms with E-state index in [1.165, 1.54) is 13.3 Å². The minimum Gasteiger partial charge on any atom is -0.480 e. The average Bonchev–Trinajstić information content (AvgIpc) is 2.45. The fourth-order valence-corrected chi connectivity index (χ4v) is 1.57. The molecule has 0 saturated heterocycles. The number of hydrogen-bond donors (Lipinski definition) is 3. The minimum absolute atomic E-state index is 0.0388. The normalized spacial score (nSPS) is 11.5.